The van der Waals surface area contributed by atoms with Crippen molar-refractivity contribution >= 4 is 33.8 Å². The van der Waals surface area contributed by atoms with Gasteiger partial charge in [-0.15, -0.1) is 0 Å². The summed E-state index contributed by atoms with van der Waals surface area (Å²) in [6, 6.07) is 0. The normalized spacial score (nSPS) is 20.7. The molecule has 2 atom stereocenters. The standard InChI is InChI=1S/2C17H29.Ca/c2*1-5-9-14-13-15(10-6-2)17(12-8-4)16(14)11-7-3;/h2*14H,5-12H2,1-4H3;. The molecule has 2 aliphatic carbocycles. The van der Waals surface area contributed by atoms with Crippen LogP contribution in [0.5, 0.6) is 0 Å². The zero-order valence-electron chi connectivity index (χ0n) is 25.2. The van der Waals surface area contributed by atoms with Gasteiger partial charge in [0.15, 0.2) is 0 Å². The molecule has 0 fully saturated rings. The van der Waals surface area contributed by atoms with Gasteiger partial charge in [0.1, 0.15) is 0 Å². The number of hydrogen-bond donors (Lipinski definition) is 0. The molecule has 2 aliphatic rings. The van der Waals surface area contributed by atoms with Gasteiger partial charge in [-0.25, -0.2) is 0 Å². The molecule has 0 aliphatic heterocycles. The van der Waals surface area contributed by atoms with Gasteiger partial charge in [-0.05, 0) is 0 Å². The molecule has 0 saturated heterocycles. The maximum absolute atomic E-state index is 2.43. The Morgan fingerprint density at radius 2 is 0.714 bits per heavy atom. The number of hydrogen-bond acceptors (Lipinski definition) is 0. The predicted molar refractivity (Wildman–Crippen MR) is 160 cm³/mol. The second-order valence-corrected chi connectivity index (χ2v) is 14.3. The Labute approximate surface area is 238 Å². The van der Waals surface area contributed by atoms with Crippen molar-refractivity contribution in [3.8, 4) is 0 Å². The molecule has 1 heteroatoms. The Kier molecular flexibility index (Phi) is 15.2. The molecule has 2 rings (SSSR count). The Bertz CT molecular complexity index is 721. The van der Waals surface area contributed by atoms with E-state index in [4.69, 9.17) is 0 Å². The van der Waals surface area contributed by atoms with Crippen LogP contribution in [0, 0.1) is 11.8 Å². The maximum atomic E-state index is 2.43. The first-order valence-electron chi connectivity index (χ1n) is 16.0. The van der Waals surface area contributed by atoms with Crippen LogP contribution >= 0.6 is 0 Å². The van der Waals surface area contributed by atoms with E-state index in [0.717, 1.165) is 11.8 Å². The zero-order chi connectivity index (χ0) is 25.8. The molecular weight excluding hydrogens is 448 g/mol. The van der Waals surface area contributed by atoms with Crippen LogP contribution in [-0.4, -0.2) is 33.8 Å². The van der Waals surface area contributed by atoms with Gasteiger partial charge in [-0.2, -0.15) is 0 Å². The molecule has 0 nitrogen and oxygen atoms in total. The quantitative estimate of drug-likeness (QED) is 0.162. The third-order valence-corrected chi connectivity index (χ3v) is 12.6. The first kappa shape index (κ1) is 31.4. The van der Waals surface area contributed by atoms with Crippen LogP contribution in [-0.2, 0) is 0 Å². The number of rotatable bonds is 18. The summed E-state index contributed by atoms with van der Waals surface area (Å²) in [7, 11) is 0. The van der Waals surface area contributed by atoms with Crippen molar-refractivity contribution in [3.63, 3.8) is 0 Å². The van der Waals surface area contributed by atoms with E-state index < -0.39 is 33.8 Å². The fraction of sp³-hybridized carbons (Fsp3) is 0.765. The predicted octanol–water partition coefficient (Wildman–Crippen LogP) is 11.5. The van der Waals surface area contributed by atoms with Gasteiger partial charge in [0, 0.05) is 0 Å². The molecule has 0 bridgehead atoms. The molecule has 0 saturated carbocycles. The Morgan fingerprint density at radius 1 is 0.400 bits per heavy atom. The van der Waals surface area contributed by atoms with Gasteiger partial charge < -0.3 is 0 Å². The summed E-state index contributed by atoms with van der Waals surface area (Å²) in [4.78, 5) is 0. The second kappa shape index (κ2) is 16.9. The Morgan fingerprint density at radius 3 is 1.00 bits per heavy atom. The van der Waals surface area contributed by atoms with E-state index in [9.17, 15) is 0 Å². The zero-order valence-corrected chi connectivity index (χ0v) is 27.4. The molecule has 0 spiro atoms. The van der Waals surface area contributed by atoms with Gasteiger partial charge >= 0.3 is 241 Å². The van der Waals surface area contributed by atoms with Crippen molar-refractivity contribution in [2.24, 2.45) is 11.8 Å². The Hall–Kier alpha value is 0.220. The van der Waals surface area contributed by atoms with Crippen molar-refractivity contribution in [1.29, 1.82) is 0 Å². The molecule has 0 aromatic carbocycles. The van der Waals surface area contributed by atoms with Gasteiger partial charge in [0.05, 0.1) is 0 Å². The average molecular weight is 507 g/mol. The second-order valence-electron chi connectivity index (χ2n) is 11.4. The fourth-order valence-corrected chi connectivity index (χ4v) is 12.1. The van der Waals surface area contributed by atoms with Crippen molar-refractivity contribution < 1.29 is 0 Å². The van der Waals surface area contributed by atoms with Gasteiger partial charge in [-0.3, -0.25) is 0 Å². The van der Waals surface area contributed by atoms with Crippen LogP contribution in [0.25, 0.3) is 0 Å². The third kappa shape index (κ3) is 7.63. The first-order chi connectivity index (χ1) is 17.1. The summed E-state index contributed by atoms with van der Waals surface area (Å²) in [6.45, 7) is 19.3. The van der Waals surface area contributed by atoms with Crippen molar-refractivity contribution in [2.75, 3.05) is 0 Å². The minimum absolute atomic E-state index is 0.811. The van der Waals surface area contributed by atoms with Gasteiger partial charge in [0.25, 0.3) is 0 Å². The first-order valence-corrected chi connectivity index (χ1v) is 18.2. The molecule has 0 amide bonds. The fourth-order valence-electron chi connectivity index (χ4n) is 7.41. The van der Waals surface area contributed by atoms with E-state index in [0.29, 0.717) is 0 Å². The summed E-state index contributed by atoms with van der Waals surface area (Å²) in [5.41, 5.74) is 11.3. The van der Waals surface area contributed by atoms with E-state index in [2.05, 4.69) is 58.7 Å². The topological polar surface area (TPSA) is 0 Å². The molecule has 0 aromatic heterocycles. The monoisotopic (exact) mass is 506 g/mol. The van der Waals surface area contributed by atoms with Crippen LogP contribution in [0.2, 0.25) is 0 Å². The van der Waals surface area contributed by atoms with Crippen molar-refractivity contribution in [1.82, 2.24) is 0 Å². The van der Waals surface area contributed by atoms with Gasteiger partial charge in [0.2, 0.25) is 0 Å². The van der Waals surface area contributed by atoms with Crippen molar-refractivity contribution in [3.05, 3.63) is 36.8 Å². The summed E-state index contributed by atoms with van der Waals surface area (Å²) in [5.74, 6) is 1.62. The summed E-state index contributed by atoms with van der Waals surface area (Å²) in [5, 5.41) is 0. The average Bonchev–Trinajstić information content (AvgIpc) is 3.24. The van der Waals surface area contributed by atoms with Crippen LogP contribution in [0.4, 0.5) is 0 Å². The van der Waals surface area contributed by atoms with E-state index in [1.54, 1.807) is 0 Å². The van der Waals surface area contributed by atoms with Crippen LogP contribution in [0.15, 0.2) is 36.8 Å². The molecular formula is C34H58Ca. The van der Waals surface area contributed by atoms with Crippen molar-refractivity contribution in [2.45, 2.75) is 158 Å². The Balaban J connectivity index is 2.66. The number of allylic oxidation sites excluding steroid dienone is 8. The van der Waals surface area contributed by atoms with E-state index in [1.807, 2.05) is 33.4 Å². The molecule has 2 unspecified atom stereocenters. The summed E-state index contributed by atoms with van der Waals surface area (Å²) >= 11 is -1.02. The minimum atomic E-state index is -1.02. The summed E-state index contributed by atoms with van der Waals surface area (Å²) < 4.78 is 4.12. The van der Waals surface area contributed by atoms with Crippen LogP contribution < -0.4 is 0 Å². The molecule has 0 heterocycles. The molecule has 0 radical (unpaired) electrons. The summed E-state index contributed by atoms with van der Waals surface area (Å²) in [6.07, 6.45) is 21.4. The van der Waals surface area contributed by atoms with Crippen LogP contribution in [0.1, 0.15) is 158 Å². The van der Waals surface area contributed by atoms with E-state index in [1.165, 1.54) is 103 Å². The van der Waals surface area contributed by atoms with Gasteiger partial charge in [-0.1, -0.05) is 0 Å². The molecule has 196 valence electrons. The third-order valence-electron chi connectivity index (χ3n) is 8.54. The van der Waals surface area contributed by atoms with E-state index in [-0.39, 0.29) is 0 Å². The molecule has 35 heavy (non-hydrogen) atoms. The molecule has 0 aromatic rings. The van der Waals surface area contributed by atoms with E-state index >= 15 is 0 Å². The SMILES string of the molecule is CCCC1=C(CCC)C(CCC)[C]([Ca][C]2=C(CCC)C(CCC)=C(CCC)C2CCC)=C1CCC. The van der Waals surface area contributed by atoms with Crippen LogP contribution in [0.3, 0.4) is 0 Å². The molecule has 0 N–H and O–H groups in total.